The zero-order chi connectivity index (χ0) is 8.97. The molecule has 0 saturated heterocycles. The fraction of sp³-hybridized carbons (Fsp3) is 0.222. The van der Waals surface area contributed by atoms with Crippen molar-refractivity contribution in [1.29, 1.82) is 5.26 Å². The van der Waals surface area contributed by atoms with Gasteiger partial charge in [-0.25, -0.2) is 0 Å². The second-order valence-electron chi connectivity index (χ2n) is 2.41. The van der Waals surface area contributed by atoms with Crippen LogP contribution in [0.1, 0.15) is 12.5 Å². The minimum absolute atomic E-state index is 0.524. The first-order valence-electron chi connectivity index (χ1n) is 3.82. The average molecular weight is 161 g/mol. The molecule has 62 valence electrons. The molecule has 0 aliphatic heterocycles. The van der Waals surface area contributed by atoms with E-state index in [9.17, 15) is 0 Å². The predicted molar refractivity (Wildman–Crippen MR) is 49.7 cm³/mol. The number of rotatable bonds is 2. The molecule has 0 fully saturated rings. The zero-order valence-corrected chi connectivity index (χ0v) is 6.96. The summed E-state index contributed by atoms with van der Waals surface area (Å²) in [5.41, 5.74) is 7.46. The van der Waals surface area contributed by atoms with Crippen LogP contribution in [0.4, 0.5) is 11.4 Å². The summed E-state index contributed by atoms with van der Waals surface area (Å²) in [5, 5.41) is 11.8. The van der Waals surface area contributed by atoms with Gasteiger partial charge in [0.1, 0.15) is 6.07 Å². The monoisotopic (exact) mass is 161 g/mol. The van der Waals surface area contributed by atoms with E-state index in [4.69, 9.17) is 11.0 Å². The normalized spacial score (nSPS) is 9.00. The van der Waals surface area contributed by atoms with Crippen LogP contribution < -0.4 is 11.1 Å². The molecule has 0 atom stereocenters. The van der Waals surface area contributed by atoms with Gasteiger partial charge in [-0.2, -0.15) is 5.26 Å². The maximum absolute atomic E-state index is 8.76. The quantitative estimate of drug-likeness (QED) is 0.647. The molecule has 0 saturated carbocycles. The lowest BCUT2D eigenvalue weighted by atomic mass is 10.1. The highest BCUT2D eigenvalue weighted by Gasteiger charge is 2.02. The summed E-state index contributed by atoms with van der Waals surface area (Å²) in [5.74, 6) is 0. The molecule has 0 amide bonds. The smallest absolute Gasteiger partial charge is 0.103 e. The Balaban J connectivity index is 3.11. The molecule has 0 aliphatic carbocycles. The van der Waals surface area contributed by atoms with Gasteiger partial charge in [-0.05, 0) is 19.1 Å². The van der Waals surface area contributed by atoms with Crippen molar-refractivity contribution in [3.63, 3.8) is 0 Å². The zero-order valence-electron chi connectivity index (χ0n) is 6.96. The van der Waals surface area contributed by atoms with E-state index < -0.39 is 0 Å². The number of nitrogens with one attached hydrogen (secondary N) is 1. The van der Waals surface area contributed by atoms with E-state index in [0.29, 0.717) is 11.3 Å². The predicted octanol–water partition coefficient (Wildman–Crippen LogP) is 1.57. The topological polar surface area (TPSA) is 61.8 Å². The van der Waals surface area contributed by atoms with Crippen LogP contribution >= 0.6 is 0 Å². The largest absolute Gasteiger partial charge is 0.398 e. The Bertz CT molecular complexity index is 312. The van der Waals surface area contributed by atoms with Crippen molar-refractivity contribution >= 4 is 11.4 Å². The van der Waals surface area contributed by atoms with E-state index >= 15 is 0 Å². The number of nitriles is 1. The van der Waals surface area contributed by atoms with Gasteiger partial charge in [0.15, 0.2) is 0 Å². The molecular formula is C9H11N3. The maximum atomic E-state index is 8.76. The summed E-state index contributed by atoms with van der Waals surface area (Å²) >= 11 is 0. The maximum Gasteiger partial charge on any atom is 0.103 e. The van der Waals surface area contributed by atoms with Crippen molar-refractivity contribution < 1.29 is 0 Å². The number of hydrogen-bond donors (Lipinski definition) is 2. The van der Waals surface area contributed by atoms with Crippen molar-refractivity contribution in [1.82, 2.24) is 0 Å². The highest BCUT2D eigenvalue weighted by molar-refractivity contribution is 5.69. The molecule has 3 N–H and O–H groups in total. The van der Waals surface area contributed by atoms with Gasteiger partial charge in [-0.15, -0.1) is 0 Å². The molecule has 0 bridgehead atoms. The Labute approximate surface area is 71.8 Å². The van der Waals surface area contributed by atoms with Gasteiger partial charge in [0.05, 0.1) is 16.9 Å². The molecule has 1 aromatic carbocycles. The Morgan fingerprint density at radius 1 is 1.58 bits per heavy atom. The van der Waals surface area contributed by atoms with Gasteiger partial charge in [0, 0.05) is 6.54 Å². The van der Waals surface area contributed by atoms with Gasteiger partial charge >= 0.3 is 0 Å². The van der Waals surface area contributed by atoms with Crippen LogP contribution in [-0.2, 0) is 0 Å². The van der Waals surface area contributed by atoms with Crippen LogP contribution in [0.3, 0.4) is 0 Å². The number of benzene rings is 1. The summed E-state index contributed by atoms with van der Waals surface area (Å²) in [6.45, 7) is 2.77. The summed E-state index contributed by atoms with van der Waals surface area (Å²) < 4.78 is 0. The number of nitrogens with two attached hydrogens (primary N) is 1. The number of nitrogens with zero attached hydrogens (tertiary/aromatic N) is 1. The van der Waals surface area contributed by atoms with Crippen molar-refractivity contribution in [2.24, 2.45) is 0 Å². The van der Waals surface area contributed by atoms with Crippen LogP contribution in [0.2, 0.25) is 0 Å². The molecule has 0 spiro atoms. The van der Waals surface area contributed by atoms with Gasteiger partial charge in [-0.1, -0.05) is 6.07 Å². The van der Waals surface area contributed by atoms with Crippen LogP contribution in [0, 0.1) is 11.3 Å². The Morgan fingerprint density at radius 3 is 2.92 bits per heavy atom. The lowest BCUT2D eigenvalue weighted by Crippen LogP contribution is -2.01. The molecule has 0 aromatic heterocycles. The SMILES string of the molecule is CCNc1cccc(N)c1C#N. The third kappa shape index (κ3) is 1.48. The molecule has 3 nitrogen and oxygen atoms in total. The third-order valence-corrected chi connectivity index (χ3v) is 1.58. The van der Waals surface area contributed by atoms with Crippen LogP contribution in [0.25, 0.3) is 0 Å². The highest BCUT2D eigenvalue weighted by Crippen LogP contribution is 2.20. The average Bonchev–Trinajstić information content (AvgIpc) is 2.05. The standard InChI is InChI=1S/C9H11N3/c1-2-12-9-5-3-4-8(11)7(9)6-10/h3-5,12H,2,11H2,1H3. The molecular weight excluding hydrogens is 150 g/mol. The van der Waals surface area contributed by atoms with Gasteiger partial charge in [0.2, 0.25) is 0 Å². The fourth-order valence-corrected chi connectivity index (χ4v) is 1.03. The van der Waals surface area contributed by atoms with Crippen LogP contribution in [0.15, 0.2) is 18.2 Å². The van der Waals surface area contributed by atoms with Crippen LogP contribution in [0.5, 0.6) is 0 Å². The molecule has 0 radical (unpaired) electrons. The van der Waals surface area contributed by atoms with Gasteiger partial charge in [0.25, 0.3) is 0 Å². The summed E-state index contributed by atoms with van der Waals surface area (Å²) in [4.78, 5) is 0. The number of anilines is 2. The molecule has 0 heterocycles. The van der Waals surface area contributed by atoms with Crippen molar-refractivity contribution in [3.8, 4) is 6.07 Å². The molecule has 1 rings (SSSR count). The summed E-state index contributed by atoms with van der Waals surface area (Å²) in [6.07, 6.45) is 0. The van der Waals surface area contributed by atoms with E-state index in [2.05, 4.69) is 11.4 Å². The van der Waals surface area contributed by atoms with E-state index in [1.54, 1.807) is 6.07 Å². The first-order valence-corrected chi connectivity index (χ1v) is 3.82. The molecule has 12 heavy (non-hydrogen) atoms. The molecule has 3 heteroatoms. The van der Waals surface area contributed by atoms with Crippen molar-refractivity contribution in [2.45, 2.75) is 6.92 Å². The van der Waals surface area contributed by atoms with E-state index in [1.165, 1.54) is 0 Å². The summed E-state index contributed by atoms with van der Waals surface area (Å²) in [6, 6.07) is 7.46. The van der Waals surface area contributed by atoms with E-state index in [-0.39, 0.29) is 0 Å². The van der Waals surface area contributed by atoms with E-state index in [0.717, 1.165) is 12.2 Å². The molecule has 0 aliphatic rings. The number of nitrogen functional groups attached to an aromatic ring is 1. The Morgan fingerprint density at radius 2 is 2.33 bits per heavy atom. The van der Waals surface area contributed by atoms with Crippen LogP contribution in [-0.4, -0.2) is 6.54 Å². The molecule has 0 unspecified atom stereocenters. The number of hydrogen-bond acceptors (Lipinski definition) is 3. The minimum Gasteiger partial charge on any atom is -0.398 e. The second kappa shape index (κ2) is 3.63. The lowest BCUT2D eigenvalue weighted by molar-refractivity contribution is 1.21. The second-order valence-corrected chi connectivity index (χ2v) is 2.41. The summed E-state index contributed by atoms with van der Waals surface area (Å²) in [7, 11) is 0. The van der Waals surface area contributed by atoms with E-state index in [1.807, 2.05) is 19.1 Å². The minimum atomic E-state index is 0.524. The van der Waals surface area contributed by atoms with Gasteiger partial charge < -0.3 is 11.1 Å². The fourth-order valence-electron chi connectivity index (χ4n) is 1.03. The van der Waals surface area contributed by atoms with Gasteiger partial charge in [-0.3, -0.25) is 0 Å². The first kappa shape index (κ1) is 8.41. The first-order chi connectivity index (χ1) is 5.79. The van der Waals surface area contributed by atoms with Crippen molar-refractivity contribution in [2.75, 3.05) is 17.6 Å². The lowest BCUT2D eigenvalue weighted by Gasteiger charge is -2.06. The highest BCUT2D eigenvalue weighted by atomic mass is 14.9. The Kier molecular flexibility index (Phi) is 2.54. The van der Waals surface area contributed by atoms with Crippen molar-refractivity contribution in [3.05, 3.63) is 23.8 Å². The molecule has 1 aromatic rings. The third-order valence-electron chi connectivity index (χ3n) is 1.58. The Hall–Kier alpha value is -1.69.